The van der Waals surface area contributed by atoms with Crippen LogP contribution < -0.4 is 9.64 Å². The summed E-state index contributed by atoms with van der Waals surface area (Å²) in [4.78, 5) is 19.7. The molecular weight excluding hydrogens is 497 g/mol. The first kappa shape index (κ1) is 23.0. The second-order valence-electron chi connectivity index (χ2n) is 7.65. The van der Waals surface area contributed by atoms with E-state index in [0.717, 1.165) is 10.0 Å². The highest BCUT2D eigenvalue weighted by molar-refractivity contribution is 9.10. The maximum atomic E-state index is 13.4. The Hall–Kier alpha value is -3.13. The number of anilines is 1. The second-order valence-corrected chi connectivity index (χ2v) is 8.57. The van der Waals surface area contributed by atoms with E-state index >= 15 is 0 Å². The number of nitrogens with zero attached hydrogens (tertiary/aromatic N) is 2. The molecule has 2 atom stereocenters. The van der Waals surface area contributed by atoms with Crippen molar-refractivity contribution < 1.29 is 22.7 Å². The molecule has 170 valence electrons. The third-order valence-electron chi connectivity index (χ3n) is 5.38. The molecule has 1 amide bonds. The van der Waals surface area contributed by atoms with E-state index in [0.29, 0.717) is 17.0 Å². The van der Waals surface area contributed by atoms with Crippen molar-refractivity contribution in [2.45, 2.75) is 31.8 Å². The minimum Gasteiger partial charge on any atom is -0.406 e. The Labute approximate surface area is 197 Å². The monoisotopic (exact) mass is 516 g/mol. The summed E-state index contributed by atoms with van der Waals surface area (Å²) in [5, 5.41) is 0. The molecule has 3 aromatic rings. The zero-order chi connectivity index (χ0) is 23.6. The van der Waals surface area contributed by atoms with Gasteiger partial charge in [-0.2, -0.15) is 0 Å². The number of carbonyl (C=O) groups excluding carboxylic acids is 1. The molecule has 0 spiro atoms. The summed E-state index contributed by atoms with van der Waals surface area (Å²) >= 11 is 3.39. The van der Waals surface area contributed by atoms with Crippen LogP contribution in [0.5, 0.6) is 5.75 Å². The van der Waals surface area contributed by atoms with Crippen LogP contribution in [0, 0.1) is 0 Å². The van der Waals surface area contributed by atoms with Crippen LogP contribution in [0.2, 0.25) is 0 Å². The minimum absolute atomic E-state index is 0.240. The molecule has 8 heteroatoms. The highest BCUT2D eigenvalue weighted by Crippen LogP contribution is 2.38. The van der Waals surface area contributed by atoms with Gasteiger partial charge in [0.2, 0.25) is 0 Å². The van der Waals surface area contributed by atoms with E-state index in [2.05, 4.69) is 25.7 Å². The van der Waals surface area contributed by atoms with Crippen LogP contribution in [0.3, 0.4) is 0 Å². The number of rotatable bonds is 5. The standard InChI is InChI=1S/C25H20BrF3N2O2/c1-16(17-6-3-2-4-7-17)30-22-15-23(18-8-5-9-21(14-18)33-25(27,28)29)31(24(22)32)20-12-10-19(26)11-13-20/h2-14,16,23H,15H2,1H3/t16-,23-/m1/s1. The van der Waals surface area contributed by atoms with E-state index in [-0.39, 0.29) is 24.1 Å². The largest absolute Gasteiger partial charge is 0.573 e. The zero-order valence-electron chi connectivity index (χ0n) is 17.6. The third kappa shape index (κ3) is 5.45. The summed E-state index contributed by atoms with van der Waals surface area (Å²) in [7, 11) is 0. The average molecular weight is 517 g/mol. The van der Waals surface area contributed by atoms with E-state index in [1.54, 1.807) is 23.1 Å². The smallest absolute Gasteiger partial charge is 0.406 e. The van der Waals surface area contributed by atoms with Crippen LogP contribution in [-0.2, 0) is 4.79 Å². The van der Waals surface area contributed by atoms with Gasteiger partial charge in [0, 0.05) is 16.6 Å². The first-order valence-corrected chi connectivity index (χ1v) is 11.1. The summed E-state index contributed by atoms with van der Waals surface area (Å²) in [6, 6.07) is 21.8. The van der Waals surface area contributed by atoms with Gasteiger partial charge in [0.1, 0.15) is 11.5 Å². The molecule has 1 saturated heterocycles. The molecule has 1 aliphatic rings. The number of amides is 1. The molecule has 0 unspecified atom stereocenters. The summed E-state index contributed by atoms with van der Waals surface area (Å²) in [5.74, 6) is -0.599. The maximum Gasteiger partial charge on any atom is 0.573 e. The Morgan fingerprint density at radius 2 is 1.73 bits per heavy atom. The summed E-state index contributed by atoms with van der Waals surface area (Å²) < 4.78 is 43.2. The van der Waals surface area contributed by atoms with Gasteiger partial charge in [-0.05, 0) is 54.4 Å². The average Bonchev–Trinajstić information content (AvgIpc) is 3.10. The Balaban J connectivity index is 1.72. The number of halogens is 4. The molecule has 1 fully saturated rings. The minimum atomic E-state index is -4.80. The summed E-state index contributed by atoms with van der Waals surface area (Å²) in [6.45, 7) is 1.91. The molecule has 0 aliphatic carbocycles. The first-order valence-electron chi connectivity index (χ1n) is 10.3. The van der Waals surface area contributed by atoms with Crippen molar-refractivity contribution in [2.75, 3.05) is 4.90 Å². The molecule has 4 nitrogen and oxygen atoms in total. The lowest BCUT2D eigenvalue weighted by Crippen LogP contribution is -2.29. The van der Waals surface area contributed by atoms with Crippen molar-refractivity contribution >= 4 is 33.2 Å². The lowest BCUT2D eigenvalue weighted by Gasteiger charge is -2.25. The molecular formula is C25H20BrF3N2O2. The van der Waals surface area contributed by atoms with Gasteiger partial charge in [-0.25, -0.2) is 0 Å². The normalized spacial score (nSPS) is 18.6. The Bertz CT molecular complexity index is 1160. The number of ether oxygens (including phenoxy) is 1. The van der Waals surface area contributed by atoms with Crippen molar-refractivity contribution in [1.82, 2.24) is 0 Å². The Kier molecular flexibility index (Phi) is 6.56. The van der Waals surface area contributed by atoms with Crippen LogP contribution in [-0.4, -0.2) is 18.0 Å². The van der Waals surface area contributed by atoms with Gasteiger partial charge in [0.05, 0.1) is 12.1 Å². The van der Waals surface area contributed by atoms with E-state index in [1.165, 1.54) is 18.2 Å². The molecule has 4 rings (SSSR count). The van der Waals surface area contributed by atoms with Crippen molar-refractivity contribution in [3.05, 3.63) is 94.5 Å². The lowest BCUT2D eigenvalue weighted by atomic mass is 10.0. The quantitative estimate of drug-likeness (QED) is 0.365. The highest BCUT2D eigenvalue weighted by atomic mass is 79.9. The van der Waals surface area contributed by atoms with Crippen molar-refractivity contribution in [3.8, 4) is 5.75 Å². The predicted molar refractivity (Wildman–Crippen MR) is 124 cm³/mol. The zero-order valence-corrected chi connectivity index (χ0v) is 19.2. The van der Waals surface area contributed by atoms with Crippen LogP contribution in [0.15, 0.2) is 88.3 Å². The molecule has 0 saturated carbocycles. The molecule has 3 aromatic carbocycles. The topological polar surface area (TPSA) is 41.9 Å². The van der Waals surface area contributed by atoms with Crippen LogP contribution in [0.25, 0.3) is 0 Å². The number of benzene rings is 3. The second kappa shape index (κ2) is 9.39. The Morgan fingerprint density at radius 1 is 1.03 bits per heavy atom. The molecule has 33 heavy (non-hydrogen) atoms. The van der Waals surface area contributed by atoms with Crippen LogP contribution in [0.1, 0.15) is 36.6 Å². The number of carbonyl (C=O) groups is 1. The summed E-state index contributed by atoms with van der Waals surface area (Å²) in [5.41, 5.74) is 2.51. The van der Waals surface area contributed by atoms with Gasteiger partial charge in [-0.3, -0.25) is 14.7 Å². The molecule has 1 aliphatic heterocycles. The van der Waals surface area contributed by atoms with E-state index in [4.69, 9.17) is 0 Å². The summed E-state index contributed by atoms with van der Waals surface area (Å²) in [6.07, 6.45) is -4.53. The predicted octanol–water partition coefficient (Wildman–Crippen LogP) is 7.03. The third-order valence-corrected chi connectivity index (χ3v) is 5.91. The number of hydrogen-bond donors (Lipinski definition) is 0. The fraction of sp³-hybridized carbons (Fsp3) is 0.200. The van der Waals surface area contributed by atoms with Gasteiger partial charge in [0.15, 0.2) is 0 Å². The molecule has 0 aromatic heterocycles. The van der Waals surface area contributed by atoms with Crippen molar-refractivity contribution in [2.24, 2.45) is 4.99 Å². The van der Waals surface area contributed by atoms with Crippen molar-refractivity contribution in [1.29, 1.82) is 0 Å². The number of hydrogen-bond acceptors (Lipinski definition) is 3. The number of alkyl halides is 3. The van der Waals surface area contributed by atoms with Gasteiger partial charge in [-0.1, -0.05) is 58.4 Å². The molecule has 0 bridgehead atoms. The van der Waals surface area contributed by atoms with E-state index in [9.17, 15) is 18.0 Å². The molecule has 0 radical (unpaired) electrons. The molecule has 0 N–H and O–H groups in total. The van der Waals surface area contributed by atoms with E-state index in [1.807, 2.05) is 49.4 Å². The molecule has 1 heterocycles. The van der Waals surface area contributed by atoms with Crippen molar-refractivity contribution in [3.63, 3.8) is 0 Å². The maximum absolute atomic E-state index is 13.4. The van der Waals surface area contributed by atoms with Gasteiger partial charge in [0.25, 0.3) is 5.91 Å². The van der Waals surface area contributed by atoms with Gasteiger partial charge < -0.3 is 4.74 Å². The van der Waals surface area contributed by atoms with Crippen LogP contribution >= 0.6 is 15.9 Å². The lowest BCUT2D eigenvalue weighted by molar-refractivity contribution is -0.274. The van der Waals surface area contributed by atoms with Gasteiger partial charge >= 0.3 is 6.36 Å². The first-order chi connectivity index (χ1) is 15.7. The van der Waals surface area contributed by atoms with Gasteiger partial charge in [-0.15, -0.1) is 13.2 Å². The fourth-order valence-corrected chi connectivity index (χ4v) is 4.14. The SMILES string of the molecule is C[C@@H](N=C1C[C@H](c2cccc(OC(F)(F)F)c2)N(c2ccc(Br)cc2)C1=O)c1ccccc1. The number of aliphatic imine (C=N–C) groups is 1. The van der Waals surface area contributed by atoms with Crippen LogP contribution in [0.4, 0.5) is 18.9 Å². The highest BCUT2D eigenvalue weighted by Gasteiger charge is 2.39. The van der Waals surface area contributed by atoms with E-state index < -0.39 is 12.4 Å². The fourth-order valence-electron chi connectivity index (χ4n) is 3.87. The Morgan fingerprint density at radius 3 is 2.39 bits per heavy atom.